The highest BCUT2D eigenvalue weighted by Crippen LogP contribution is 2.29. The average Bonchev–Trinajstić information content (AvgIpc) is 3.28. The summed E-state index contributed by atoms with van der Waals surface area (Å²) in [6, 6.07) is 9.32. The summed E-state index contributed by atoms with van der Waals surface area (Å²) in [5.41, 5.74) is 3.86. The van der Waals surface area contributed by atoms with E-state index in [4.69, 9.17) is 9.84 Å². The minimum absolute atomic E-state index is 0.0755. The molecule has 2 atom stereocenters. The van der Waals surface area contributed by atoms with Crippen molar-refractivity contribution >= 4 is 15.7 Å². The smallest absolute Gasteiger partial charge is 0.244 e. The van der Waals surface area contributed by atoms with Gasteiger partial charge in [0.1, 0.15) is 6.04 Å². The van der Waals surface area contributed by atoms with E-state index in [1.54, 1.807) is 0 Å². The van der Waals surface area contributed by atoms with E-state index in [2.05, 4.69) is 4.90 Å². The molecule has 174 valence electrons. The number of hydrogen-bond donors (Lipinski definition) is 0. The van der Waals surface area contributed by atoms with E-state index in [1.807, 2.05) is 60.8 Å². The second kappa shape index (κ2) is 9.33. The number of benzene rings is 1. The zero-order chi connectivity index (χ0) is 22.9. The van der Waals surface area contributed by atoms with Crippen LogP contribution in [0.25, 0.3) is 0 Å². The molecule has 4 rings (SSSR count). The van der Waals surface area contributed by atoms with Crippen molar-refractivity contribution < 1.29 is 17.9 Å². The van der Waals surface area contributed by atoms with Crippen LogP contribution in [0.1, 0.15) is 41.0 Å². The molecule has 0 bridgehead atoms. The van der Waals surface area contributed by atoms with Gasteiger partial charge in [0.25, 0.3) is 0 Å². The number of carbonyl (C=O) groups excluding carboxylic acids is 1. The molecule has 0 spiro atoms. The Morgan fingerprint density at radius 2 is 1.91 bits per heavy atom. The fraction of sp³-hybridized carbons (Fsp3) is 0.565. The topological polar surface area (TPSA) is 84.7 Å². The third-order valence-corrected chi connectivity index (χ3v) is 8.30. The number of rotatable bonds is 6. The van der Waals surface area contributed by atoms with Gasteiger partial charge in [0.05, 0.1) is 36.5 Å². The summed E-state index contributed by atoms with van der Waals surface area (Å²) in [6.07, 6.45) is 0.599. The lowest BCUT2D eigenvalue weighted by Crippen LogP contribution is -2.46. The second-order valence-electron chi connectivity index (χ2n) is 8.82. The first-order valence-electron chi connectivity index (χ1n) is 11.1. The third kappa shape index (κ3) is 4.74. The summed E-state index contributed by atoms with van der Waals surface area (Å²) in [6.45, 7) is 6.82. The van der Waals surface area contributed by atoms with Crippen molar-refractivity contribution in [1.82, 2.24) is 19.6 Å². The number of sulfone groups is 1. The molecule has 2 aromatic rings. The van der Waals surface area contributed by atoms with Gasteiger partial charge in [-0.05, 0) is 32.9 Å². The predicted molar refractivity (Wildman–Crippen MR) is 122 cm³/mol. The standard InChI is InChI=1S/C23H32N4O4S/c1-17-21(18(2)27(24-17)20-9-14-32(29,30)16-20)15-25(3)22(19-7-5-4-6-8-19)23(28)26-10-12-31-13-11-26/h4-8,20,22H,9-16H2,1-3H3. The van der Waals surface area contributed by atoms with Crippen LogP contribution in [0, 0.1) is 13.8 Å². The second-order valence-corrected chi connectivity index (χ2v) is 11.0. The number of amides is 1. The summed E-state index contributed by atoms with van der Waals surface area (Å²) in [5, 5.41) is 4.69. The Bertz CT molecular complexity index is 1060. The van der Waals surface area contributed by atoms with Gasteiger partial charge >= 0.3 is 0 Å². The fourth-order valence-electron chi connectivity index (χ4n) is 4.77. The quantitative estimate of drug-likeness (QED) is 0.655. The van der Waals surface area contributed by atoms with E-state index in [9.17, 15) is 13.2 Å². The van der Waals surface area contributed by atoms with Crippen LogP contribution in [0.5, 0.6) is 0 Å². The van der Waals surface area contributed by atoms with Crippen LogP contribution < -0.4 is 0 Å². The minimum atomic E-state index is -2.99. The van der Waals surface area contributed by atoms with Crippen molar-refractivity contribution in [2.24, 2.45) is 0 Å². The van der Waals surface area contributed by atoms with Crippen LogP contribution in [0.15, 0.2) is 30.3 Å². The van der Waals surface area contributed by atoms with Crippen molar-refractivity contribution in [3.63, 3.8) is 0 Å². The molecule has 0 radical (unpaired) electrons. The monoisotopic (exact) mass is 460 g/mol. The molecule has 2 aliphatic rings. The molecule has 0 N–H and O–H groups in total. The number of morpholine rings is 1. The molecular weight excluding hydrogens is 428 g/mol. The highest BCUT2D eigenvalue weighted by molar-refractivity contribution is 7.91. The van der Waals surface area contributed by atoms with E-state index in [-0.39, 0.29) is 23.5 Å². The number of ether oxygens (including phenoxy) is 1. The Kier molecular flexibility index (Phi) is 6.69. The summed E-state index contributed by atoms with van der Waals surface area (Å²) >= 11 is 0. The first kappa shape index (κ1) is 22.9. The molecule has 2 fully saturated rings. The van der Waals surface area contributed by atoms with Crippen LogP contribution in [0.4, 0.5) is 0 Å². The van der Waals surface area contributed by atoms with Gasteiger partial charge in [-0.3, -0.25) is 14.4 Å². The summed E-state index contributed by atoms with van der Waals surface area (Å²) in [4.78, 5) is 17.5. The van der Waals surface area contributed by atoms with Gasteiger partial charge in [-0.2, -0.15) is 5.10 Å². The van der Waals surface area contributed by atoms with E-state index in [0.717, 1.165) is 22.5 Å². The van der Waals surface area contributed by atoms with E-state index >= 15 is 0 Å². The highest BCUT2D eigenvalue weighted by Gasteiger charge is 2.34. The van der Waals surface area contributed by atoms with Gasteiger partial charge in [-0.25, -0.2) is 8.42 Å². The lowest BCUT2D eigenvalue weighted by atomic mass is 10.0. The normalized spacial score (nSPS) is 21.8. The van der Waals surface area contributed by atoms with Crippen molar-refractivity contribution in [2.75, 3.05) is 44.9 Å². The lowest BCUT2D eigenvalue weighted by molar-refractivity contribution is -0.141. The number of likely N-dealkylation sites (N-methyl/N-ethyl adjacent to an activating group) is 1. The molecule has 1 aromatic heterocycles. The first-order chi connectivity index (χ1) is 15.3. The number of carbonyl (C=O) groups is 1. The van der Waals surface area contributed by atoms with E-state index in [0.29, 0.717) is 39.3 Å². The van der Waals surface area contributed by atoms with E-state index < -0.39 is 15.9 Å². The number of aromatic nitrogens is 2. The molecule has 0 aliphatic carbocycles. The fourth-order valence-corrected chi connectivity index (χ4v) is 6.46. The number of aryl methyl sites for hydroxylation is 1. The molecule has 2 aliphatic heterocycles. The van der Waals surface area contributed by atoms with Crippen LogP contribution in [0.2, 0.25) is 0 Å². The number of nitrogens with zero attached hydrogens (tertiary/aromatic N) is 4. The largest absolute Gasteiger partial charge is 0.378 e. The lowest BCUT2D eigenvalue weighted by Gasteiger charge is -2.34. The molecule has 9 heteroatoms. The molecule has 1 amide bonds. The SMILES string of the molecule is Cc1nn(C2CCS(=O)(=O)C2)c(C)c1CN(C)C(C(=O)N1CCOCC1)c1ccccc1. The Morgan fingerprint density at radius 3 is 2.53 bits per heavy atom. The van der Waals surface area contributed by atoms with Gasteiger partial charge in [0.15, 0.2) is 9.84 Å². The molecule has 2 saturated heterocycles. The molecule has 1 aromatic carbocycles. The molecule has 3 heterocycles. The van der Waals surface area contributed by atoms with Crippen LogP contribution in [-0.2, 0) is 25.9 Å². The van der Waals surface area contributed by atoms with Gasteiger partial charge in [0.2, 0.25) is 5.91 Å². The Balaban J connectivity index is 1.60. The van der Waals surface area contributed by atoms with Crippen LogP contribution >= 0.6 is 0 Å². The third-order valence-electron chi connectivity index (χ3n) is 6.55. The van der Waals surface area contributed by atoms with Crippen molar-refractivity contribution in [1.29, 1.82) is 0 Å². The summed E-state index contributed by atoms with van der Waals surface area (Å²) in [7, 11) is -1.03. The summed E-state index contributed by atoms with van der Waals surface area (Å²) < 4.78 is 31.2. The first-order valence-corrected chi connectivity index (χ1v) is 13.0. The zero-order valence-electron chi connectivity index (χ0n) is 19.0. The van der Waals surface area contributed by atoms with Gasteiger partial charge in [-0.1, -0.05) is 30.3 Å². The maximum Gasteiger partial charge on any atom is 0.244 e. The predicted octanol–water partition coefficient (Wildman–Crippen LogP) is 1.89. The Morgan fingerprint density at radius 1 is 1.22 bits per heavy atom. The molecular formula is C23H32N4O4S. The zero-order valence-corrected chi connectivity index (χ0v) is 19.8. The minimum Gasteiger partial charge on any atom is -0.378 e. The van der Waals surface area contributed by atoms with Crippen LogP contribution in [0.3, 0.4) is 0 Å². The van der Waals surface area contributed by atoms with Crippen molar-refractivity contribution in [3.8, 4) is 0 Å². The van der Waals surface area contributed by atoms with Gasteiger partial charge in [-0.15, -0.1) is 0 Å². The molecule has 32 heavy (non-hydrogen) atoms. The summed E-state index contributed by atoms with van der Waals surface area (Å²) in [5.74, 6) is 0.438. The average molecular weight is 461 g/mol. The maximum absolute atomic E-state index is 13.5. The molecule has 8 nitrogen and oxygen atoms in total. The van der Waals surface area contributed by atoms with E-state index in [1.165, 1.54) is 0 Å². The van der Waals surface area contributed by atoms with Gasteiger partial charge < -0.3 is 9.64 Å². The molecule has 0 saturated carbocycles. The number of hydrogen-bond acceptors (Lipinski definition) is 6. The Labute approximate surface area is 190 Å². The maximum atomic E-state index is 13.5. The molecule has 2 unspecified atom stereocenters. The van der Waals surface area contributed by atoms with Crippen molar-refractivity contribution in [3.05, 3.63) is 52.8 Å². The van der Waals surface area contributed by atoms with Crippen molar-refractivity contribution in [2.45, 2.75) is 38.9 Å². The van der Waals surface area contributed by atoms with Crippen LogP contribution in [-0.4, -0.2) is 78.8 Å². The highest BCUT2D eigenvalue weighted by atomic mass is 32.2. The Hall–Kier alpha value is -2.23. The van der Waals surface area contributed by atoms with Gasteiger partial charge in [0, 0.05) is 30.9 Å².